The quantitative estimate of drug-likeness (QED) is 0.0906. The van der Waals surface area contributed by atoms with E-state index in [2.05, 4.69) is 6.92 Å². The monoisotopic (exact) mass is 496 g/mol. The van der Waals surface area contributed by atoms with Crippen LogP contribution in [0.3, 0.4) is 0 Å². The van der Waals surface area contributed by atoms with Crippen LogP contribution in [0.4, 0.5) is 0 Å². The van der Waals surface area contributed by atoms with Crippen LogP contribution >= 0.6 is 7.82 Å². The molecule has 0 aliphatic rings. The summed E-state index contributed by atoms with van der Waals surface area (Å²) in [5.41, 5.74) is 0. The third-order valence-corrected chi connectivity index (χ3v) is 6.56. The smallest absolute Gasteiger partial charge is 0.381 e. The Hall–Kier alpha value is -0.0100. The number of nitrogens with zero attached hydrogens (tertiary/aromatic N) is 1. The molecule has 2 N–H and O–H groups in total. The maximum atomic E-state index is 11.0. The second kappa shape index (κ2) is 21.3. The van der Waals surface area contributed by atoms with Crippen LogP contribution < -0.4 is 0 Å². The fraction of sp³-hybridized carbons (Fsp3) is 1.00. The number of rotatable bonds is 25. The van der Waals surface area contributed by atoms with Gasteiger partial charge in [0, 0.05) is 32.8 Å². The van der Waals surface area contributed by atoms with E-state index in [9.17, 15) is 4.57 Å². The molecule has 0 radical (unpaired) electrons. The van der Waals surface area contributed by atoms with Crippen molar-refractivity contribution in [3.8, 4) is 0 Å². The molecule has 8 heteroatoms. The van der Waals surface area contributed by atoms with Crippen LogP contribution in [0.2, 0.25) is 0 Å². The minimum Gasteiger partial charge on any atom is -0.381 e. The van der Waals surface area contributed by atoms with Gasteiger partial charge in [-0.05, 0) is 32.1 Å². The predicted octanol–water partition coefficient (Wildman–Crippen LogP) is 6.08. The molecule has 0 aromatic rings. The molecule has 0 saturated heterocycles. The number of hydrogen-bond acceptors (Lipinski definition) is 4. The minimum absolute atomic E-state index is 0.0222. The van der Waals surface area contributed by atoms with Crippen molar-refractivity contribution in [3.05, 3.63) is 0 Å². The van der Waals surface area contributed by atoms with E-state index in [1.165, 1.54) is 64.2 Å². The summed E-state index contributed by atoms with van der Waals surface area (Å²) in [7, 11) is 1.60. The molecule has 0 bridgehead atoms. The first kappa shape index (κ1) is 33.0. The minimum atomic E-state index is -4.42. The molecule has 0 rings (SSSR count). The Labute approximate surface area is 204 Å². The lowest BCUT2D eigenvalue weighted by Crippen LogP contribution is -2.47. The molecule has 0 spiro atoms. The topological polar surface area (TPSA) is 85.2 Å². The Morgan fingerprint density at radius 2 is 1.06 bits per heavy atom. The summed E-state index contributed by atoms with van der Waals surface area (Å²) in [6.07, 6.45) is 18.5. The normalized spacial score (nSPS) is 13.5. The van der Waals surface area contributed by atoms with Gasteiger partial charge in [0.05, 0.1) is 21.1 Å². The molecule has 0 aromatic heterocycles. The molecule has 0 aliphatic carbocycles. The van der Waals surface area contributed by atoms with E-state index < -0.39 is 7.82 Å². The number of unbranched alkanes of at least 4 members (excludes halogenated alkanes) is 11. The first-order valence-electron chi connectivity index (χ1n) is 13.3. The Morgan fingerprint density at radius 1 is 0.667 bits per heavy atom. The zero-order valence-corrected chi connectivity index (χ0v) is 23.0. The molecular weight excluding hydrogens is 441 g/mol. The Morgan fingerprint density at radius 3 is 1.48 bits per heavy atom. The van der Waals surface area contributed by atoms with E-state index in [0.717, 1.165) is 51.9 Å². The van der Waals surface area contributed by atoms with Crippen molar-refractivity contribution < 1.29 is 32.8 Å². The molecule has 0 aliphatic heterocycles. The van der Waals surface area contributed by atoms with E-state index in [1.807, 2.05) is 21.1 Å². The van der Waals surface area contributed by atoms with Crippen LogP contribution in [-0.4, -0.2) is 74.5 Å². The van der Waals surface area contributed by atoms with Gasteiger partial charge in [0.2, 0.25) is 0 Å². The lowest BCUT2D eigenvalue weighted by molar-refractivity contribution is -0.896. The van der Waals surface area contributed by atoms with Gasteiger partial charge in [-0.1, -0.05) is 64.7 Å². The van der Waals surface area contributed by atoms with E-state index in [1.54, 1.807) is 0 Å². The standard InChI is InChI=1S/C25H54NO6P/c1-5-6-7-8-9-10-11-12-13-15-20-30-21-16-14-17-22-31-23-18-19-25(26(2,3)4)24-32-33(27,28)29/h25H,5-24H2,1-4H3,(H-,27,28,29)/p+1. The third-order valence-electron chi connectivity index (χ3n) is 6.08. The lowest BCUT2D eigenvalue weighted by Gasteiger charge is -2.34. The number of ether oxygens (including phenoxy) is 2. The van der Waals surface area contributed by atoms with Gasteiger partial charge in [0.25, 0.3) is 0 Å². The Bertz CT molecular complexity index is 466. The summed E-state index contributed by atoms with van der Waals surface area (Å²) in [6.45, 7) is 5.49. The molecule has 7 nitrogen and oxygen atoms in total. The number of hydrogen-bond donors (Lipinski definition) is 2. The molecule has 0 saturated carbocycles. The fourth-order valence-corrected chi connectivity index (χ4v) is 4.15. The van der Waals surface area contributed by atoms with Crippen molar-refractivity contribution in [2.24, 2.45) is 0 Å². The highest BCUT2D eigenvalue weighted by Crippen LogP contribution is 2.36. The summed E-state index contributed by atoms with van der Waals surface area (Å²) >= 11 is 0. The van der Waals surface area contributed by atoms with Crippen molar-refractivity contribution in [2.45, 2.75) is 109 Å². The van der Waals surface area contributed by atoms with Crippen molar-refractivity contribution in [2.75, 3.05) is 54.2 Å². The molecule has 33 heavy (non-hydrogen) atoms. The second-order valence-corrected chi connectivity index (χ2v) is 11.4. The molecule has 0 heterocycles. The van der Waals surface area contributed by atoms with Crippen molar-refractivity contribution in [1.82, 2.24) is 0 Å². The highest BCUT2D eigenvalue weighted by molar-refractivity contribution is 7.46. The number of phosphoric ester groups is 1. The summed E-state index contributed by atoms with van der Waals surface area (Å²) in [5, 5.41) is 0. The van der Waals surface area contributed by atoms with Crippen molar-refractivity contribution in [1.29, 1.82) is 0 Å². The average molecular weight is 497 g/mol. The maximum absolute atomic E-state index is 11.0. The Balaban J connectivity index is 3.40. The largest absolute Gasteiger partial charge is 0.469 e. The Kier molecular flexibility index (Phi) is 21.3. The van der Waals surface area contributed by atoms with Crippen LogP contribution in [0.15, 0.2) is 0 Å². The van der Waals surface area contributed by atoms with Gasteiger partial charge in [-0.2, -0.15) is 0 Å². The van der Waals surface area contributed by atoms with Gasteiger partial charge >= 0.3 is 7.82 Å². The number of likely N-dealkylation sites (N-methyl/N-ethyl adjacent to an activating group) is 1. The van der Waals surface area contributed by atoms with E-state index >= 15 is 0 Å². The number of phosphoric acid groups is 1. The van der Waals surface area contributed by atoms with Gasteiger partial charge in [0.15, 0.2) is 0 Å². The van der Waals surface area contributed by atoms with Crippen LogP contribution in [0, 0.1) is 0 Å². The first-order chi connectivity index (χ1) is 15.7. The molecule has 1 atom stereocenters. The zero-order valence-electron chi connectivity index (χ0n) is 22.1. The highest BCUT2D eigenvalue weighted by Gasteiger charge is 2.27. The van der Waals surface area contributed by atoms with Gasteiger partial charge in [-0.25, -0.2) is 4.57 Å². The molecule has 0 aromatic carbocycles. The van der Waals surface area contributed by atoms with Crippen LogP contribution in [0.25, 0.3) is 0 Å². The van der Waals surface area contributed by atoms with Crippen LogP contribution in [-0.2, 0) is 18.6 Å². The van der Waals surface area contributed by atoms with E-state index in [-0.39, 0.29) is 12.6 Å². The molecule has 0 amide bonds. The van der Waals surface area contributed by atoms with Crippen molar-refractivity contribution in [3.63, 3.8) is 0 Å². The molecule has 0 fully saturated rings. The molecule has 200 valence electrons. The molecule has 1 unspecified atom stereocenters. The zero-order chi connectivity index (χ0) is 24.8. The third kappa shape index (κ3) is 24.9. The summed E-state index contributed by atoms with van der Waals surface area (Å²) in [5.74, 6) is 0. The van der Waals surface area contributed by atoms with E-state index in [0.29, 0.717) is 11.1 Å². The number of quaternary nitrogens is 1. The van der Waals surface area contributed by atoms with Gasteiger partial charge < -0.3 is 23.7 Å². The average Bonchev–Trinajstić information content (AvgIpc) is 2.72. The fourth-order valence-electron chi connectivity index (χ4n) is 3.78. The van der Waals surface area contributed by atoms with Gasteiger partial charge in [-0.3, -0.25) is 4.52 Å². The molecular formula is C25H55NO6P+. The second-order valence-electron chi connectivity index (χ2n) is 10.2. The van der Waals surface area contributed by atoms with Crippen LogP contribution in [0.1, 0.15) is 103 Å². The summed E-state index contributed by atoms with van der Waals surface area (Å²) in [4.78, 5) is 17.8. The SMILES string of the molecule is CCCCCCCCCCCCOCCCCCOCCCC(COP(=O)(O)O)[N+](C)(C)C. The summed E-state index contributed by atoms with van der Waals surface area (Å²) in [6, 6.07) is 0.0222. The van der Waals surface area contributed by atoms with E-state index in [4.69, 9.17) is 23.8 Å². The van der Waals surface area contributed by atoms with Crippen LogP contribution in [0.5, 0.6) is 0 Å². The van der Waals surface area contributed by atoms with Crippen molar-refractivity contribution >= 4 is 7.82 Å². The highest BCUT2D eigenvalue weighted by atomic mass is 31.2. The maximum Gasteiger partial charge on any atom is 0.469 e. The van der Waals surface area contributed by atoms with Gasteiger partial charge in [-0.15, -0.1) is 0 Å². The lowest BCUT2D eigenvalue weighted by atomic mass is 10.1. The first-order valence-corrected chi connectivity index (χ1v) is 14.9. The summed E-state index contributed by atoms with van der Waals surface area (Å²) < 4.78 is 27.7. The predicted molar refractivity (Wildman–Crippen MR) is 136 cm³/mol. The van der Waals surface area contributed by atoms with Gasteiger partial charge in [0.1, 0.15) is 12.6 Å².